The molecule has 0 unspecified atom stereocenters. The Morgan fingerprint density at radius 3 is 2.52 bits per heavy atom. The molecule has 0 bridgehead atoms. The third-order valence-corrected chi connectivity index (χ3v) is 7.41. The highest BCUT2D eigenvalue weighted by molar-refractivity contribution is 5.78. The minimum absolute atomic E-state index is 0.0178. The minimum atomic E-state index is -0.484. The molecule has 1 aliphatic carbocycles. The van der Waals surface area contributed by atoms with Crippen LogP contribution < -0.4 is 15.4 Å². The Hall–Kier alpha value is -3.96. The number of aromatic nitrogens is 5. The van der Waals surface area contributed by atoms with Crippen LogP contribution in [0.25, 0.3) is 16.9 Å². The lowest BCUT2D eigenvalue weighted by Gasteiger charge is -2.33. The largest absolute Gasteiger partial charge is 0.493 e. The summed E-state index contributed by atoms with van der Waals surface area (Å²) in [6.45, 7) is 7.59. The van der Waals surface area contributed by atoms with Gasteiger partial charge >= 0.3 is 6.09 Å². The zero-order valence-electron chi connectivity index (χ0n) is 23.6. The van der Waals surface area contributed by atoms with Gasteiger partial charge in [0.1, 0.15) is 11.4 Å². The first-order chi connectivity index (χ1) is 19.2. The zero-order valence-corrected chi connectivity index (χ0v) is 23.6. The molecule has 1 saturated carbocycles. The van der Waals surface area contributed by atoms with Crippen molar-refractivity contribution in [2.45, 2.75) is 64.5 Å². The number of carbonyl (C=O) groups excluding carboxylic acids is 2. The van der Waals surface area contributed by atoms with Gasteiger partial charge in [-0.25, -0.2) is 9.78 Å². The molecule has 3 aromatic rings. The molecule has 1 aliphatic heterocycles. The summed E-state index contributed by atoms with van der Waals surface area (Å²) < 4.78 is 13.2. The smallest absolute Gasteiger partial charge is 0.410 e. The number of amides is 2. The number of nitrogens with zero attached hydrogens (tertiary/aromatic N) is 6. The van der Waals surface area contributed by atoms with Crippen molar-refractivity contribution in [3.63, 3.8) is 0 Å². The van der Waals surface area contributed by atoms with Crippen molar-refractivity contribution in [1.29, 1.82) is 0 Å². The fourth-order valence-corrected chi connectivity index (χ4v) is 5.22. The molecule has 3 heterocycles. The lowest BCUT2D eigenvalue weighted by Crippen LogP contribution is -2.42. The SMILES string of the molecule is CNC(=O)[C@@H]1CC[C@@H](Nc2ncc3nnn(-c4ccc(OCC5CCN(C(=O)OC(C)(C)C)CC5)cc4)c3n2)C1. The minimum Gasteiger partial charge on any atom is -0.493 e. The number of nitrogens with one attached hydrogen (secondary N) is 2. The van der Waals surface area contributed by atoms with Gasteiger partial charge in [-0.1, -0.05) is 5.21 Å². The van der Waals surface area contributed by atoms with E-state index in [0.717, 1.165) is 43.5 Å². The number of anilines is 1. The molecule has 1 aromatic carbocycles. The highest BCUT2D eigenvalue weighted by Crippen LogP contribution is 2.28. The molecular formula is C28H38N8O4. The summed E-state index contributed by atoms with van der Waals surface area (Å²) in [6, 6.07) is 7.82. The monoisotopic (exact) mass is 550 g/mol. The topological polar surface area (TPSA) is 136 Å². The standard InChI is InChI=1S/C28H38N8O4/c1-28(2,3)40-27(38)35-13-11-18(12-14-35)17-39-22-9-7-21(8-10-22)36-24-23(33-34-36)16-30-26(32-24)31-20-6-5-19(15-20)25(37)29-4/h7-10,16,18-20H,5-6,11-15,17H2,1-4H3,(H,29,37)(H,30,31,32)/t19-,20-/m1/s1. The van der Waals surface area contributed by atoms with E-state index < -0.39 is 5.60 Å². The Balaban J connectivity index is 1.15. The number of carbonyl (C=O) groups is 2. The Morgan fingerprint density at radius 2 is 1.82 bits per heavy atom. The summed E-state index contributed by atoms with van der Waals surface area (Å²) in [6.07, 6.45) is 5.66. The molecule has 2 atom stereocenters. The maximum atomic E-state index is 12.3. The molecular weight excluding hydrogens is 512 g/mol. The quantitative estimate of drug-likeness (QED) is 0.452. The van der Waals surface area contributed by atoms with Crippen LogP contribution in [0.5, 0.6) is 5.75 Å². The van der Waals surface area contributed by atoms with Crippen molar-refractivity contribution in [3.8, 4) is 11.4 Å². The van der Waals surface area contributed by atoms with E-state index in [1.807, 2.05) is 45.0 Å². The van der Waals surface area contributed by atoms with Gasteiger partial charge in [0.05, 0.1) is 18.5 Å². The Labute approximate surface area is 233 Å². The lowest BCUT2D eigenvalue weighted by molar-refractivity contribution is -0.124. The summed E-state index contributed by atoms with van der Waals surface area (Å²) in [7, 11) is 1.67. The van der Waals surface area contributed by atoms with Gasteiger partial charge in [-0.15, -0.1) is 5.10 Å². The van der Waals surface area contributed by atoms with E-state index in [0.29, 0.717) is 42.7 Å². The number of benzene rings is 1. The van der Waals surface area contributed by atoms with Gasteiger partial charge in [0.15, 0.2) is 11.2 Å². The molecule has 2 amide bonds. The van der Waals surface area contributed by atoms with Crippen molar-refractivity contribution < 1.29 is 19.1 Å². The first-order valence-electron chi connectivity index (χ1n) is 14.0. The number of fused-ring (bicyclic) bond motifs is 1. The van der Waals surface area contributed by atoms with Gasteiger partial charge in [0, 0.05) is 32.1 Å². The first kappa shape index (κ1) is 27.6. The van der Waals surface area contributed by atoms with Crippen molar-refractivity contribution in [2.24, 2.45) is 11.8 Å². The predicted octanol–water partition coefficient (Wildman–Crippen LogP) is 3.56. The predicted molar refractivity (Wildman–Crippen MR) is 149 cm³/mol. The van der Waals surface area contributed by atoms with Crippen molar-refractivity contribution >= 4 is 29.1 Å². The zero-order chi connectivity index (χ0) is 28.3. The van der Waals surface area contributed by atoms with E-state index in [4.69, 9.17) is 9.47 Å². The molecule has 2 N–H and O–H groups in total. The summed E-state index contributed by atoms with van der Waals surface area (Å²) in [4.78, 5) is 35.1. The van der Waals surface area contributed by atoms with Gasteiger partial charge in [0.2, 0.25) is 11.9 Å². The second kappa shape index (κ2) is 11.6. The van der Waals surface area contributed by atoms with Crippen LogP contribution in [-0.4, -0.2) is 80.2 Å². The molecule has 2 aromatic heterocycles. The summed E-state index contributed by atoms with van der Waals surface area (Å²) in [5.41, 5.74) is 1.52. The molecule has 40 heavy (non-hydrogen) atoms. The van der Waals surface area contributed by atoms with Crippen LogP contribution in [0.15, 0.2) is 30.5 Å². The average Bonchev–Trinajstić information content (AvgIpc) is 3.58. The molecule has 214 valence electrons. The van der Waals surface area contributed by atoms with Gasteiger partial charge in [-0.05, 0) is 83.1 Å². The van der Waals surface area contributed by atoms with Crippen molar-refractivity contribution in [2.75, 3.05) is 32.1 Å². The lowest BCUT2D eigenvalue weighted by atomic mass is 9.98. The Bertz CT molecular complexity index is 1330. The number of rotatable bonds is 7. The fourth-order valence-electron chi connectivity index (χ4n) is 5.22. The summed E-state index contributed by atoms with van der Waals surface area (Å²) in [5.74, 6) is 1.75. The maximum Gasteiger partial charge on any atom is 0.410 e. The van der Waals surface area contributed by atoms with Gasteiger partial charge in [0.25, 0.3) is 0 Å². The summed E-state index contributed by atoms with van der Waals surface area (Å²) >= 11 is 0. The van der Waals surface area contributed by atoms with E-state index in [-0.39, 0.29) is 24.0 Å². The Morgan fingerprint density at radius 1 is 1.07 bits per heavy atom. The molecule has 0 spiro atoms. The summed E-state index contributed by atoms with van der Waals surface area (Å²) in [5, 5.41) is 14.6. The van der Waals surface area contributed by atoms with E-state index >= 15 is 0 Å². The van der Waals surface area contributed by atoms with E-state index in [2.05, 4.69) is 30.9 Å². The van der Waals surface area contributed by atoms with Gasteiger partial charge in [-0.2, -0.15) is 9.67 Å². The van der Waals surface area contributed by atoms with Gasteiger partial charge < -0.3 is 25.0 Å². The van der Waals surface area contributed by atoms with Crippen LogP contribution >= 0.6 is 0 Å². The number of hydrogen-bond donors (Lipinski definition) is 2. The van der Waals surface area contributed by atoms with Crippen LogP contribution in [-0.2, 0) is 9.53 Å². The Kier molecular flexibility index (Phi) is 8.04. The number of hydrogen-bond acceptors (Lipinski definition) is 9. The van der Waals surface area contributed by atoms with Gasteiger partial charge in [-0.3, -0.25) is 4.79 Å². The number of piperidine rings is 1. The maximum absolute atomic E-state index is 12.3. The molecule has 12 nitrogen and oxygen atoms in total. The van der Waals surface area contributed by atoms with Crippen LogP contribution in [0.3, 0.4) is 0 Å². The molecule has 1 saturated heterocycles. The number of ether oxygens (including phenoxy) is 2. The fraction of sp³-hybridized carbons (Fsp3) is 0.571. The molecule has 2 fully saturated rings. The van der Waals surface area contributed by atoms with Crippen molar-refractivity contribution in [1.82, 2.24) is 35.2 Å². The molecule has 0 radical (unpaired) electrons. The van der Waals surface area contributed by atoms with Crippen LogP contribution in [0.2, 0.25) is 0 Å². The normalized spacial score (nSPS) is 19.9. The van der Waals surface area contributed by atoms with E-state index in [1.54, 1.807) is 22.8 Å². The van der Waals surface area contributed by atoms with E-state index in [9.17, 15) is 9.59 Å². The van der Waals surface area contributed by atoms with E-state index in [1.165, 1.54) is 0 Å². The molecule has 2 aliphatic rings. The molecule has 5 rings (SSSR count). The highest BCUT2D eigenvalue weighted by atomic mass is 16.6. The van der Waals surface area contributed by atoms with Crippen LogP contribution in [0.4, 0.5) is 10.7 Å². The average molecular weight is 551 g/mol. The third kappa shape index (κ3) is 6.60. The molecule has 12 heteroatoms. The van der Waals surface area contributed by atoms with Crippen molar-refractivity contribution in [3.05, 3.63) is 30.5 Å². The first-order valence-corrected chi connectivity index (χ1v) is 14.0. The second-order valence-electron chi connectivity index (χ2n) is 11.6. The second-order valence-corrected chi connectivity index (χ2v) is 11.6. The third-order valence-electron chi connectivity index (χ3n) is 7.41. The highest BCUT2D eigenvalue weighted by Gasteiger charge is 2.30. The van der Waals surface area contributed by atoms with Crippen LogP contribution in [0.1, 0.15) is 52.9 Å². The van der Waals surface area contributed by atoms with Crippen LogP contribution in [0, 0.1) is 11.8 Å². The number of likely N-dealkylation sites (tertiary alicyclic amines) is 1.